The fourth-order valence-electron chi connectivity index (χ4n) is 2.21. The van der Waals surface area contributed by atoms with Crippen LogP contribution in [0, 0.1) is 6.92 Å². The molecule has 0 radical (unpaired) electrons. The van der Waals surface area contributed by atoms with Crippen LogP contribution < -0.4 is 5.32 Å². The van der Waals surface area contributed by atoms with Crippen LogP contribution >= 0.6 is 15.9 Å². The molecule has 1 aromatic heterocycles. The highest BCUT2D eigenvalue weighted by atomic mass is 79.9. The second-order valence-corrected chi connectivity index (χ2v) is 5.63. The lowest BCUT2D eigenvalue weighted by Gasteiger charge is -2.19. The molecule has 2 aromatic rings. The maximum absolute atomic E-state index is 4.42. The van der Waals surface area contributed by atoms with Crippen LogP contribution in [0.25, 0.3) is 0 Å². The summed E-state index contributed by atoms with van der Waals surface area (Å²) in [6, 6.07) is 6.83. The zero-order chi connectivity index (χ0) is 13.8. The summed E-state index contributed by atoms with van der Waals surface area (Å²) in [6.07, 6.45) is 4.74. The molecule has 0 aliphatic rings. The number of rotatable bonds is 5. The Morgan fingerprint density at radius 1 is 1.42 bits per heavy atom. The van der Waals surface area contributed by atoms with Crippen LogP contribution in [0.2, 0.25) is 0 Å². The fraction of sp³-hybridized carbons (Fsp3) is 0.400. The van der Waals surface area contributed by atoms with E-state index in [1.54, 1.807) is 0 Å². The zero-order valence-electron chi connectivity index (χ0n) is 11.7. The first-order valence-corrected chi connectivity index (χ1v) is 7.36. The van der Waals surface area contributed by atoms with E-state index in [9.17, 15) is 0 Å². The van der Waals surface area contributed by atoms with Crippen LogP contribution in [0.1, 0.15) is 29.9 Å². The van der Waals surface area contributed by atoms with Gasteiger partial charge in [0.15, 0.2) is 0 Å². The molecule has 0 saturated heterocycles. The van der Waals surface area contributed by atoms with E-state index in [0.717, 1.165) is 23.3 Å². The normalized spacial score (nSPS) is 12.6. The number of aromatic nitrogens is 2. The Morgan fingerprint density at radius 2 is 2.21 bits per heavy atom. The Bertz CT molecular complexity index is 548. The van der Waals surface area contributed by atoms with E-state index in [4.69, 9.17) is 0 Å². The van der Waals surface area contributed by atoms with Gasteiger partial charge in [-0.2, -0.15) is 0 Å². The summed E-state index contributed by atoms with van der Waals surface area (Å²) in [5.74, 6) is 1.10. The molecule has 19 heavy (non-hydrogen) atoms. The second-order valence-electron chi connectivity index (χ2n) is 4.78. The van der Waals surface area contributed by atoms with Crippen molar-refractivity contribution in [2.24, 2.45) is 7.05 Å². The summed E-state index contributed by atoms with van der Waals surface area (Å²) >= 11 is 3.55. The van der Waals surface area contributed by atoms with E-state index in [0.29, 0.717) is 6.04 Å². The van der Waals surface area contributed by atoms with Gasteiger partial charge in [0.25, 0.3) is 0 Å². The Kier molecular flexibility index (Phi) is 4.77. The standard InChI is InChI=1S/C15H20BrN3/c1-4-17-14(10-15-18-7-8-19(15)3)12-5-6-13(16)11(2)9-12/h5-9,14,17H,4,10H2,1-3H3. The van der Waals surface area contributed by atoms with Crippen LogP contribution in [0.3, 0.4) is 0 Å². The van der Waals surface area contributed by atoms with Crippen molar-refractivity contribution in [1.29, 1.82) is 0 Å². The van der Waals surface area contributed by atoms with Crippen molar-refractivity contribution in [2.75, 3.05) is 6.54 Å². The Labute approximate surface area is 123 Å². The molecule has 1 unspecified atom stereocenters. The second kappa shape index (κ2) is 6.35. The highest BCUT2D eigenvalue weighted by molar-refractivity contribution is 9.10. The highest BCUT2D eigenvalue weighted by Crippen LogP contribution is 2.23. The number of hydrogen-bond donors (Lipinski definition) is 1. The van der Waals surface area contributed by atoms with Crippen LogP contribution in [-0.4, -0.2) is 16.1 Å². The summed E-state index contributed by atoms with van der Waals surface area (Å²) in [4.78, 5) is 4.42. The van der Waals surface area contributed by atoms with Gasteiger partial charge in [-0.3, -0.25) is 0 Å². The molecule has 0 spiro atoms. The van der Waals surface area contributed by atoms with Gasteiger partial charge in [0, 0.05) is 36.4 Å². The van der Waals surface area contributed by atoms with Crippen molar-refractivity contribution >= 4 is 15.9 Å². The molecule has 1 N–H and O–H groups in total. The SMILES string of the molecule is CCNC(Cc1nccn1C)c1ccc(Br)c(C)c1. The number of likely N-dealkylation sites (N-methyl/N-ethyl adjacent to an activating group) is 1. The van der Waals surface area contributed by atoms with Crippen molar-refractivity contribution in [3.63, 3.8) is 0 Å². The number of nitrogens with zero attached hydrogens (tertiary/aromatic N) is 2. The Balaban J connectivity index is 2.24. The van der Waals surface area contributed by atoms with Crippen molar-refractivity contribution in [1.82, 2.24) is 14.9 Å². The Hall–Kier alpha value is -1.13. The molecule has 0 bridgehead atoms. The van der Waals surface area contributed by atoms with Gasteiger partial charge in [-0.1, -0.05) is 35.0 Å². The minimum absolute atomic E-state index is 0.304. The van der Waals surface area contributed by atoms with Crippen LogP contribution in [0.4, 0.5) is 0 Å². The van der Waals surface area contributed by atoms with Gasteiger partial charge in [-0.25, -0.2) is 4.98 Å². The lowest BCUT2D eigenvalue weighted by Crippen LogP contribution is -2.24. The molecule has 4 heteroatoms. The molecular weight excluding hydrogens is 302 g/mol. The smallest absolute Gasteiger partial charge is 0.110 e. The predicted octanol–water partition coefficient (Wildman–Crippen LogP) is 3.38. The molecule has 2 rings (SSSR count). The molecule has 1 aromatic carbocycles. The molecule has 0 aliphatic heterocycles. The molecule has 0 fully saturated rings. The summed E-state index contributed by atoms with van der Waals surface area (Å²) < 4.78 is 3.24. The van der Waals surface area contributed by atoms with Crippen molar-refractivity contribution in [3.8, 4) is 0 Å². The van der Waals surface area contributed by atoms with Gasteiger partial charge >= 0.3 is 0 Å². The minimum Gasteiger partial charge on any atom is -0.338 e. The lowest BCUT2D eigenvalue weighted by molar-refractivity contribution is 0.528. The van der Waals surface area contributed by atoms with Gasteiger partial charge in [0.2, 0.25) is 0 Å². The van der Waals surface area contributed by atoms with Gasteiger partial charge in [-0.15, -0.1) is 0 Å². The number of benzene rings is 1. The molecule has 0 saturated carbocycles. The van der Waals surface area contributed by atoms with Gasteiger partial charge in [0.1, 0.15) is 5.82 Å². The average Bonchev–Trinajstić information content (AvgIpc) is 2.78. The third kappa shape index (κ3) is 3.45. The molecule has 0 amide bonds. The van der Waals surface area contributed by atoms with Crippen LogP contribution in [0.15, 0.2) is 35.1 Å². The van der Waals surface area contributed by atoms with E-state index in [1.165, 1.54) is 11.1 Å². The average molecular weight is 322 g/mol. The molecule has 3 nitrogen and oxygen atoms in total. The zero-order valence-corrected chi connectivity index (χ0v) is 13.2. The number of nitrogens with one attached hydrogen (secondary N) is 1. The van der Waals surface area contributed by atoms with Crippen molar-refractivity contribution in [3.05, 3.63) is 52.0 Å². The predicted molar refractivity (Wildman–Crippen MR) is 82.2 cm³/mol. The highest BCUT2D eigenvalue weighted by Gasteiger charge is 2.14. The van der Waals surface area contributed by atoms with Crippen molar-refractivity contribution in [2.45, 2.75) is 26.3 Å². The largest absolute Gasteiger partial charge is 0.338 e. The van der Waals surface area contributed by atoms with Crippen LogP contribution in [0.5, 0.6) is 0 Å². The summed E-state index contributed by atoms with van der Waals surface area (Å²) in [5.41, 5.74) is 2.57. The maximum Gasteiger partial charge on any atom is 0.110 e. The fourth-order valence-corrected chi connectivity index (χ4v) is 2.46. The quantitative estimate of drug-likeness (QED) is 0.914. The maximum atomic E-state index is 4.42. The van der Waals surface area contributed by atoms with Gasteiger partial charge in [-0.05, 0) is 30.7 Å². The summed E-state index contributed by atoms with van der Waals surface area (Å²) in [6.45, 7) is 5.21. The van der Waals surface area contributed by atoms with E-state index < -0.39 is 0 Å². The lowest BCUT2D eigenvalue weighted by atomic mass is 10.0. The molecule has 0 aliphatic carbocycles. The number of imidazole rings is 1. The van der Waals surface area contributed by atoms with Gasteiger partial charge in [0.05, 0.1) is 0 Å². The van der Waals surface area contributed by atoms with E-state index in [-0.39, 0.29) is 0 Å². The van der Waals surface area contributed by atoms with E-state index in [1.807, 2.05) is 19.4 Å². The number of hydrogen-bond acceptors (Lipinski definition) is 2. The van der Waals surface area contributed by atoms with E-state index in [2.05, 4.69) is 62.8 Å². The first-order valence-electron chi connectivity index (χ1n) is 6.57. The first kappa shape index (κ1) is 14.3. The molecular formula is C15H20BrN3. The summed E-state index contributed by atoms with van der Waals surface area (Å²) in [5, 5.41) is 3.54. The molecule has 102 valence electrons. The minimum atomic E-state index is 0.304. The van der Waals surface area contributed by atoms with Crippen molar-refractivity contribution < 1.29 is 0 Å². The number of aryl methyl sites for hydroxylation is 2. The molecule has 1 heterocycles. The topological polar surface area (TPSA) is 29.9 Å². The molecule has 1 atom stereocenters. The summed E-state index contributed by atoms with van der Waals surface area (Å²) in [7, 11) is 2.04. The number of halogens is 1. The monoisotopic (exact) mass is 321 g/mol. The Morgan fingerprint density at radius 3 is 2.79 bits per heavy atom. The van der Waals surface area contributed by atoms with Crippen LogP contribution in [-0.2, 0) is 13.5 Å². The van der Waals surface area contributed by atoms with E-state index >= 15 is 0 Å². The first-order chi connectivity index (χ1) is 9.11. The third-order valence-electron chi connectivity index (χ3n) is 3.34. The van der Waals surface area contributed by atoms with Gasteiger partial charge < -0.3 is 9.88 Å². The third-order valence-corrected chi connectivity index (χ3v) is 4.23.